The van der Waals surface area contributed by atoms with E-state index in [4.69, 9.17) is 4.98 Å². The van der Waals surface area contributed by atoms with Gasteiger partial charge < -0.3 is 10.3 Å². The number of aromatic amines is 1. The quantitative estimate of drug-likeness (QED) is 0.465. The van der Waals surface area contributed by atoms with Gasteiger partial charge in [0, 0.05) is 30.3 Å². The third-order valence-electron chi connectivity index (χ3n) is 6.96. The minimum absolute atomic E-state index is 0.0831. The number of carbonyl (C=O) groups excluding carboxylic acids is 1. The largest absolute Gasteiger partial charge is 0.358 e. The normalized spacial score (nSPS) is 15.8. The Labute approximate surface area is 197 Å². The van der Waals surface area contributed by atoms with Gasteiger partial charge in [0.2, 0.25) is 5.91 Å². The van der Waals surface area contributed by atoms with Gasteiger partial charge in [0.15, 0.2) is 5.65 Å². The monoisotopic (exact) mass is 465 g/mol. The third kappa shape index (κ3) is 3.83. The Balaban J connectivity index is 1.48. The van der Waals surface area contributed by atoms with Crippen LogP contribution in [0.2, 0.25) is 0 Å². The Morgan fingerprint density at radius 2 is 2.03 bits per heavy atom. The maximum Gasteiger partial charge on any atom is 0.233 e. The number of pyridine rings is 1. The molecule has 2 N–H and O–H groups in total. The van der Waals surface area contributed by atoms with Gasteiger partial charge in [0.25, 0.3) is 0 Å². The van der Waals surface area contributed by atoms with Gasteiger partial charge in [-0.2, -0.15) is 5.10 Å². The van der Waals surface area contributed by atoms with Crippen molar-refractivity contribution in [2.24, 2.45) is 0 Å². The highest BCUT2D eigenvalue weighted by atomic mass is 32.1. The summed E-state index contributed by atoms with van der Waals surface area (Å²) in [7, 11) is 1.69. The van der Waals surface area contributed by atoms with E-state index in [-0.39, 0.29) is 5.91 Å². The van der Waals surface area contributed by atoms with Crippen molar-refractivity contribution in [3.8, 4) is 11.3 Å². The van der Waals surface area contributed by atoms with Crippen molar-refractivity contribution in [1.82, 2.24) is 34.8 Å². The smallest absolute Gasteiger partial charge is 0.233 e. The van der Waals surface area contributed by atoms with Gasteiger partial charge >= 0.3 is 0 Å². The number of likely N-dealkylation sites (N-methyl/N-ethyl adjacent to an activating group) is 1. The molecule has 0 atom stereocenters. The van der Waals surface area contributed by atoms with E-state index in [9.17, 15) is 4.79 Å². The van der Waals surface area contributed by atoms with E-state index < -0.39 is 0 Å². The standard InChI is InChI=1S/C24H31N7OS/c1-13(2)19-20(17-10-31-22(26-12-27-31)15(4)14(17)3)28-24-21(19)29-23(33-24)16-6-8-30(9-7-16)11-18(32)25-5/h10,12-13,16,28H,6-9,11H2,1-5H3,(H,25,32). The molecule has 5 heterocycles. The molecule has 0 aliphatic carbocycles. The van der Waals surface area contributed by atoms with Crippen LogP contribution in [0.5, 0.6) is 0 Å². The maximum atomic E-state index is 11.7. The summed E-state index contributed by atoms with van der Waals surface area (Å²) in [6.45, 7) is 11.1. The van der Waals surface area contributed by atoms with Gasteiger partial charge in [-0.3, -0.25) is 9.69 Å². The average molecular weight is 466 g/mol. The van der Waals surface area contributed by atoms with Crippen molar-refractivity contribution < 1.29 is 4.79 Å². The zero-order valence-corrected chi connectivity index (χ0v) is 20.7. The molecule has 0 radical (unpaired) electrons. The van der Waals surface area contributed by atoms with Gasteiger partial charge in [0.1, 0.15) is 16.7 Å². The lowest BCUT2D eigenvalue weighted by atomic mass is 9.95. The molecule has 4 aromatic rings. The summed E-state index contributed by atoms with van der Waals surface area (Å²) >= 11 is 1.79. The minimum atomic E-state index is 0.0831. The van der Waals surface area contributed by atoms with E-state index in [1.807, 2.05) is 4.52 Å². The predicted octanol–water partition coefficient (Wildman–Crippen LogP) is 4.00. The number of fused-ring (bicyclic) bond motifs is 2. The number of aromatic nitrogens is 5. The van der Waals surface area contributed by atoms with Crippen LogP contribution in [-0.2, 0) is 4.79 Å². The molecule has 9 heteroatoms. The molecule has 8 nitrogen and oxygen atoms in total. The van der Waals surface area contributed by atoms with Crippen LogP contribution in [0.4, 0.5) is 0 Å². The number of amides is 1. The number of H-pyrrole nitrogens is 1. The van der Waals surface area contributed by atoms with Crippen LogP contribution in [0.1, 0.15) is 60.2 Å². The molecule has 1 aliphatic heterocycles. The third-order valence-corrected chi connectivity index (χ3v) is 8.10. The Morgan fingerprint density at radius 1 is 1.27 bits per heavy atom. The zero-order valence-electron chi connectivity index (χ0n) is 19.9. The first-order chi connectivity index (χ1) is 15.9. The molecule has 0 bridgehead atoms. The van der Waals surface area contributed by atoms with Crippen LogP contribution in [0.3, 0.4) is 0 Å². The molecule has 1 saturated heterocycles. The first-order valence-corrected chi connectivity index (χ1v) is 12.4. The lowest BCUT2D eigenvalue weighted by Gasteiger charge is -2.30. The Morgan fingerprint density at radius 3 is 2.73 bits per heavy atom. The zero-order chi connectivity index (χ0) is 23.3. The molecular formula is C24H31N7OS. The van der Waals surface area contributed by atoms with Gasteiger partial charge in [-0.05, 0) is 56.8 Å². The van der Waals surface area contributed by atoms with Crippen molar-refractivity contribution >= 4 is 33.2 Å². The molecule has 0 saturated carbocycles. The summed E-state index contributed by atoms with van der Waals surface area (Å²) in [4.78, 5) is 28.4. The highest BCUT2D eigenvalue weighted by molar-refractivity contribution is 7.18. The number of nitrogens with zero attached hydrogens (tertiary/aromatic N) is 5. The molecule has 4 aromatic heterocycles. The van der Waals surface area contributed by atoms with Crippen LogP contribution < -0.4 is 5.32 Å². The fourth-order valence-electron chi connectivity index (χ4n) is 4.93. The molecule has 5 rings (SSSR count). The first kappa shape index (κ1) is 22.0. The first-order valence-electron chi connectivity index (χ1n) is 11.6. The Bertz CT molecular complexity index is 1320. The van der Waals surface area contributed by atoms with Crippen molar-refractivity contribution in [2.75, 3.05) is 26.7 Å². The second kappa shape index (κ2) is 8.53. The highest BCUT2D eigenvalue weighted by Gasteiger charge is 2.27. The van der Waals surface area contributed by atoms with Crippen molar-refractivity contribution in [3.05, 3.63) is 34.2 Å². The summed E-state index contributed by atoms with van der Waals surface area (Å²) in [5.74, 6) is 0.875. The molecule has 1 amide bonds. The van der Waals surface area contributed by atoms with Crippen molar-refractivity contribution in [2.45, 2.75) is 52.4 Å². The van der Waals surface area contributed by atoms with E-state index in [1.165, 1.54) is 16.1 Å². The molecule has 1 aliphatic rings. The number of piperidine rings is 1. The van der Waals surface area contributed by atoms with Crippen LogP contribution in [-0.4, -0.2) is 62.1 Å². The van der Waals surface area contributed by atoms with Gasteiger partial charge in [-0.15, -0.1) is 11.3 Å². The fraction of sp³-hybridized carbons (Fsp3) is 0.500. The van der Waals surface area contributed by atoms with Crippen molar-refractivity contribution in [3.63, 3.8) is 0 Å². The predicted molar refractivity (Wildman–Crippen MR) is 132 cm³/mol. The number of hydrogen-bond donors (Lipinski definition) is 2. The lowest BCUT2D eigenvalue weighted by molar-refractivity contribution is -0.122. The Kier molecular flexibility index (Phi) is 5.70. The number of rotatable bonds is 5. The highest BCUT2D eigenvalue weighted by Crippen LogP contribution is 2.41. The van der Waals surface area contributed by atoms with Crippen molar-refractivity contribution in [1.29, 1.82) is 0 Å². The van der Waals surface area contributed by atoms with E-state index in [2.05, 4.69) is 59.2 Å². The molecular weight excluding hydrogens is 434 g/mol. The summed E-state index contributed by atoms with van der Waals surface area (Å²) in [6.07, 6.45) is 5.77. The van der Waals surface area contributed by atoms with Gasteiger partial charge in [-0.1, -0.05) is 13.8 Å². The fourth-order valence-corrected chi connectivity index (χ4v) is 6.08. The van der Waals surface area contributed by atoms with E-state index >= 15 is 0 Å². The SMILES string of the molecule is CNC(=O)CN1CCC(c2nc3c(C(C)C)c(-c4cn5ncnc5c(C)c4C)[nH]c3s2)CC1. The second-order valence-corrected chi connectivity index (χ2v) is 10.4. The summed E-state index contributed by atoms with van der Waals surface area (Å²) in [6, 6.07) is 0. The van der Waals surface area contributed by atoms with E-state index in [0.717, 1.165) is 58.7 Å². The lowest BCUT2D eigenvalue weighted by Crippen LogP contribution is -2.40. The van der Waals surface area contributed by atoms with Gasteiger partial charge in [0.05, 0.1) is 17.2 Å². The molecule has 0 spiro atoms. The minimum Gasteiger partial charge on any atom is -0.358 e. The molecule has 0 aromatic carbocycles. The summed E-state index contributed by atoms with van der Waals surface area (Å²) in [5, 5.41) is 8.31. The number of hydrogen-bond acceptors (Lipinski definition) is 6. The van der Waals surface area contributed by atoms with Crippen LogP contribution in [0, 0.1) is 13.8 Å². The summed E-state index contributed by atoms with van der Waals surface area (Å²) < 4.78 is 1.86. The molecule has 0 unspecified atom stereocenters. The molecule has 174 valence electrons. The number of aryl methyl sites for hydroxylation is 1. The van der Waals surface area contributed by atoms with Gasteiger partial charge in [-0.25, -0.2) is 14.5 Å². The molecule has 1 fully saturated rings. The van der Waals surface area contributed by atoms with Crippen LogP contribution >= 0.6 is 11.3 Å². The Hall–Kier alpha value is -2.78. The van der Waals surface area contributed by atoms with E-state index in [0.29, 0.717) is 18.4 Å². The number of likely N-dealkylation sites (tertiary alicyclic amines) is 1. The number of nitrogens with one attached hydrogen (secondary N) is 2. The van der Waals surface area contributed by atoms with E-state index in [1.54, 1.807) is 24.7 Å². The van der Waals surface area contributed by atoms with Crippen LogP contribution in [0.15, 0.2) is 12.5 Å². The average Bonchev–Trinajstić information content (AvgIpc) is 3.50. The summed E-state index contributed by atoms with van der Waals surface area (Å²) in [5.41, 5.74) is 7.94. The maximum absolute atomic E-state index is 11.7. The topological polar surface area (TPSA) is 91.2 Å². The second-order valence-electron chi connectivity index (χ2n) is 9.34. The number of thiazole rings is 1. The number of carbonyl (C=O) groups is 1. The van der Waals surface area contributed by atoms with Crippen LogP contribution in [0.25, 0.3) is 27.3 Å². The molecule has 33 heavy (non-hydrogen) atoms.